The number of nitrogens with zero attached hydrogens (tertiary/aromatic N) is 2. The number of hydrogen-bond acceptors (Lipinski definition) is 4. The SMILES string of the molecule is CC1CCC(C(Cc2cnn(C)c2)NN)O1. The molecular formula is C11H20N4O. The summed E-state index contributed by atoms with van der Waals surface area (Å²) in [6.45, 7) is 2.11. The van der Waals surface area contributed by atoms with Crippen molar-refractivity contribution in [1.82, 2.24) is 15.2 Å². The zero-order valence-corrected chi connectivity index (χ0v) is 9.89. The van der Waals surface area contributed by atoms with Crippen LogP contribution in [0.4, 0.5) is 0 Å². The van der Waals surface area contributed by atoms with Crippen LogP contribution in [0.3, 0.4) is 0 Å². The van der Waals surface area contributed by atoms with Crippen LogP contribution in [0.15, 0.2) is 12.4 Å². The molecule has 1 aromatic rings. The first kappa shape index (κ1) is 11.6. The molecule has 16 heavy (non-hydrogen) atoms. The van der Waals surface area contributed by atoms with Crippen LogP contribution in [0, 0.1) is 0 Å². The van der Waals surface area contributed by atoms with Crippen LogP contribution >= 0.6 is 0 Å². The summed E-state index contributed by atoms with van der Waals surface area (Å²) in [4.78, 5) is 0. The lowest BCUT2D eigenvalue weighted by Gasteiger charge is -2.22. The molecule has 2 rings (SSSR count). The molecule has 2 heterocycles. The van der Waals surface area contributed by atoms with Gasteiger partial charge in [0.15, 0.2) is 0 Å². The molecule has 0 bridgehead atoms. The molecule has 1 fully saturated rings. The highest BCUT2D eigenvalue weighted by Gasteiger charge is 2.29. The van der Waals surface area contributed by atoms with E-state index in [4.69, 9.17) is 10.6 Å². The lowest BCUT2D eigenvalue weighted by molar-refractivity contribution is 0.0320. The third-order valence-electron chi connectivity index (χ3n) is 3.14. The summed E-state index contributed by atoms with van der Waals surface area (Å²) in [7, 11) is 1.92. The average Bonchev–Trinajstić information content (AvgIpc) is 2.84. The number of hydrogen-bond donors (Lipinski definition) is 2. The van der Waals surface area contributed by atoms with E-state index in [-0.39, 0.29) is 12.1 Å². The molecule has 5 nitrogen and oxygen atoms in total. The maximum Gasteiger partial charge on any atom is 0.0749 e. The van der Waals surface area contributed by atoms with Crippen molar-refractivity contribution in [2.24, 2.45) is 12.9 Å². The number of nitrogens with two attached hydrogens (primary N) is 1. The van der Waals surface area contributed by atoms with Gasteiger partial charge in [0, 0.05) is 13.2 Å². The Bertz CT molecular complexity index is 338. The van der Waals surface area contributed by atoms with E-state index in [0.29, 0.717) is 6.10 Å². The van der Waals surface area contributed by atoms with Crippen molar-refractivity contribution in [1.29, 1.82) is 0 Å². The number of aromatic nitrogens is 2. The average molecular weight is 224 g/mol. The smallest absolute Gasteiger partial charge is 0.0749 e. The molecule has 1 aromatic heterocycles. The molecule has 1 saturated heterocycles. The molecule has 0 amide bonds. The zero-order valence-electron chi connectivity index (χ0n) is 9.89. The highest BCUT2D eigenvalue weighted by atomic mass is 16.5. The normalized spacial score (nSPS) is 27.2. The second kappa shape index (κ2) is 4.95. The fourth-order valence-corrected chi connectivity index (χ4v) is 2.26. The van der Waals surface area contributed by atoms with Gasteiger partial charge in [-0.15, -0.1) is 0 Å². The second-order valence-corrected chi connectivity index (χ2v) is 4.56. The Morgan fingerprint density at radius 2 is 2.50 bits per heavy atom. The van der Waals surface area contributed by atoms with Crippen molar-refractivity contribution in [3.8, 4) is 0 Å². The first-order chi connectivity index (χ1) is 7.69. The summed E-state index contributed by atoms with van der Waals surface area (Å²) in [5, 5.41) is 4.15. The molecule has 0 radical (unpaired) electrons. The van der Waals surface area contributed by atoms with E-state index in [1.165, 1.54) is 5.56 Å². The van der Waals surface area contributed by atoms with Gasteiger partial charge in [-0.3, -0.25) is 16.0 Å². The zero-order chi connectivity index (χ0) is 11.5. The molecule has 1 aliphatic heterocycles. The van der Waals surface area contributed by atoms with Crippen molar-refractivity contribution in [2.75, 3.05) is 0 Å². The number of hydrazine groups is 1. The Morgan fingerprint density at radius 1 is 1.69 bits per heavy atom. The summed E-state index contributed by atoms with van der Waals surface area (Å²) < 4.78 is 7.63. The number of nitrogens with one attached hydrogen (secondary N) is 1. The van der Waals surface area contributed by atoms with E-state index >= 15 is 0 Å². The minimum absolute atomic E-state index is 0.175. The van der Waals surface area contributed by atoms with Crippen molar-refractivity contribution >= 4 is 0 Å². The van der Waals surface area contributed by atoms with Crippen LogP contribution in [0.1, 0.15) is 25.3 Å². The molecule has 0 spiro atoms. The standard InChI is InChI=1S/C11H20N4O/c1-8-3-4-11(16-8)10(14-12)5-9-6-13-15(2)7-9/h6-8,10-11,14H,3-5,12H2,1-2H3. The van der Waals surface area contributed by atoms with Gasteiger partial charge in [-0.05, 0) is 31.7 Å². The van der Waals surface area contributed by atoms with Crippen LogP contribution in [0.25, 0.3) is 0 Å². The molecule has 1 aliphatic rings. The first-order valence-electron chi connectivity index (χ1n) is 5.78. The van der Waals surface area contributed by atoms with E-state index in [9.17, 15) is 0 Å². The molecule has 90 valence electrons. The van der Waals surface area contributed by atoms with Gasteiger partial charge >= 0.3 is 0 Å². The lowest BCUT2D eigenvalue weighted by atomic mass is 10.0. The summed E-state index contributed by atoms with van der Waals surface area (Å²) in [5.41, 5.74) is 4.05. The number of rotatable bonds is 4. The van der Waals surface area contributed by atoms with Crippen LogP contribution in [-0.2, 0) is 18.2 Å². The third kappa shape index (κ3) is 2.61. The van der Waals surface area contributed by atoms with Crippen molar-refractivity contribution in [2.45, 2.75) is 44.4 Å². The quantitative estimate of drug-likeness (QED) is 0.572. The summed E-state index contributed by atoms with van der Waals surface area (Å²) >= 11 is 0. The van der Waals surface area contributed by atoms with E-state index in [0.717, 1.165) is 19.3 Å². The second-order valence-electron chi connectivity index (χ2n) is 4.56. The molecule has 5 heteroatoms. The minimum Gasteiger partial charge on any atom is -0.374 e. The molecule has 0 aliphatic carbocycles. The van der Waals surface area contributed by atoms with Gasteiger partial charge in [-0.25, -0.2) is 0 Å². The molecule has 3 unspecified atom stereocenters. The fourth-order valence-electron chi connectivity index (χ4n) is 2.26. The van der Waals surface area contributed by atoms with E-state index in [2.05, 4.69) is 17.4 Å². The van der Waals surface area contributed by atoms with Gasteiger partial charge in [-0.2, -0.15) is 5.10 Å². The molecule has 3 atom stereocenters. The lowest BCUT2D eigenvalue weighted by Crippen LogP contribution is -2.45. The Labute approximate surface area is 95.9 Å². The number of aryl methyl sites for hydroxylation is 1. The molecular weight excluding hydrogens is 204 g/mol. The van der Waals surface area contributed by atoms with Gasteiger partial charge in [0.05, 0.1) is 24.4 Å². The maximum atomic E-state index is 5.82. The monoisotopic (exact) mass is 224 g/mol. The van der Waals surface area contributed by atoms with Gasteiger partial charge in [-0.1, -0.05) is 0 Å². The highest BCUT2D eigenvalue weighted by molar-refractivity contribution is 5.07. The Kier molecular flexibility index (Phi) is 3.58. The fraction of sp³-hybridized carbons (Fsp3) is 0.727. The van der Waals surface area contributed by atoms with Gasteiger partial charge < -0.3 is 4.74 Å². The predicted molar refractivity (Wildman–Crippen MR) is 61.6 cm³/mol. The Hall–Kier alpha value is -0.910. The third-order valence-corrected chi connectivity index (χ3v) is 3.14. The van der Waals surface area contributed by atoms with Gasteiger partial charge in [0.1, 0.15) is 0 Å². The summed E-state index contributed by atoms with van der Waals surface area (Å²) in [6, 6.07) is 0.175. The van der Waals surface area contributed by atoms with Crippen molar-refractivity contribution in [3.05, 3.63) is 18.0 Å². The highest BCUT2D eigenvalue weighted by Crippen LogP contribution is 2.23. The van der Waals surface area contributed by atoms with Crippen molar-refractivity contribution in [3.63, 3.8) is 0 Å². The first-order valence-corrected chi connectivity index (χ1v) is 5.78. The molecule has 3 N–H and O–H groups in total. The Balaban J connectivity index is 1.95. The van der Waals surface area contributed by atoms with E-state index in [1.807, 2.05) is 19.4 Å². The van der Waals surface area contributed by atoms with Crippen molar-refractivity contribution < 1.29 is 4.74 Å². The van der Waals surface area contributed by atoms with E-state index in [1.54, 1.807) is 4.68 Å². The summed E-state index contributed by atoms with van der Waals surface area (Å²) in [5.74, 6) is 5.60. The largest absolute Gasteiger partial charge is 0.374 e. The topological polar surface area (TPSA) is 65.1 Å². The van der Waals surface area contributed by atoms with Crippen LogP contribution in [0.2, 0.25) is 0 Å². The predicted octanol–water partition coefficient (Wildman–Crippen LogP) is 0.362. The van der Waals surface area contributed by atoms with E-state index < -0.39 is 0 Å². The molecule has 0 aromatic carbocycles. The molecule has 0 saturated carbocycles. The number of ether oxygens (including phenoxy) is 1. The van der Waals surface area contributed by atoms with Crippen LogP contribution in [0.5, 0.6) is 0 Å². The van der Waals surface area contributed by atoms with Crippen LogP contribution in [-0.4, -0.2) is 28.0 Å². The summed E-state index contributed by atoms with van der Waals surface area (Å²) in [6.07, 6.45) is 7.54. The minimum atomic E-state index is 0.175. The van der Waals surface area contributed by atoms with Gasteiger partial charge in [0.2, 0.25) is 0 Å². The maximum absolute atomic E-state index is 5.82. The van der Waals surface area contributed by atoms with Crippen LogP contribution < -0.4 is 11.3 Å². The van der Waals surface area contributed by atoms with Gasteiger partial charge in [0.25, 0.3) is 0 Å². The Morgan fingerprint density at radius 3 is 3.00 bits per heavy atom.